The maximum Gasteiger partial charge on any atom is 0.260 e. The molecular weight excluding hydrogens is 180 g/mol. The van der Waals surface area contributed by atoms with Crippen LogP contribution in [0.3, 0.4) is 0 Å². The van der Waals surface area contributed by atoms with E-state index >= 15 is 0 Å². The molecule has 5 nitrogen and oxygen atoms in total. The van der Waals surface area contributed by atoms with Crippen LogP contribution in [0.5, 0.6) is 0 Å². The van der Waals surface area contributed by atoms with Crippen LogP contribution in [0.2, 0.25) is 0 Å². The summed E-state index contributed by atoms with van der Waals surface area (Å²) in [5, 5.41) is 3.55. The van der Waals surface area contributed by atoms with E-state index in [9.17, 15) is 0 Å². The molecule has 5 heteroatoms. The Morgan fingerprint density at radius 3 is 2.71 bits per heavy atom. The number of piperidine rings is 1. The molecule has 2 rings (SSSR count). The molecule has 0 saturated carbocycles. The van der Waals surface area contributed by atoms with Crippen molar-refractivity contribution in [2.24, 2.45) is 0 Å². The summed E-state index contributed by atoms with van der Waals surface area (Å²) >= 11 is 0. The fraction of sp³-hybridized carbons (Fsp3) is 0.778. The first kappa shape index (κ1) is 9.45. The van der Waals surface area contributed by atoms with E-state index in [-0.39, 0.29) is 5.95 Å². The molecule has 1 aliphatic heterocycles. The molecule has 0 atom stereocenters. The molecule has 78 valence electrons. The minimum Gasteiger partial charge on any atom is -0.365 e. The van der Waals surface area contributed by atoms with Crippen molar-refractivity contribution in [1.29, 1.82) is 0 Å². The molecule has 2 heterocycles. The topological polar surface area (TPSA) is 68.2 Å². The van der Waals surface area contributed by atoms with Gasteiger partial charge in [0, 0.05) is 13.0 Å². The normalized spacial score (nSPS) is 18.6. The van der Waals surface area contributed by atoms with Gasteiger partial charge in [0.25, 0.3) is 5.95 Å². The predicted molar refractivity (Wildman–Crippen MR) is 52.7 cm³/mol. The van der Waals surface area contributed by atoms with Crippen LogP contribution in [0.15, 0.2) is 4.52 Å². The van der Waals surface area contributed by atoms with Gasteiger partial charge in [0.05, 0.1) is 0 Å². The van der Waals surface area contributed by atoms with Gasteiger partial charge in [-0.1, -0.05) is 6.42 Å². The quantitative estimate of drug-likeness (QED) is 0.770. The van der Waals surface area contributed by atoms with E-state index in [0.717, 1.165) is 13.0 Å². The average Bonchev–Trinajstić information content (AvgIpc) is 2.63. The highest BCUT2D eigenvalue weighted by atomic mass is 16.5. The van der Waals surface area contributed by atoms with Crippen molar-refractivity contribution in [2.45, 2.75) is 25.7 Å². The fourth-order valence-corrected chi connectivity index (χ4v) is 1.81. The van der Waals surface area contributed by atoms with E-state index in [1.807, 2.05) is 0 Å². The van der Waals surface area contributed by atoms with Crippen LogP contribution in [0.1, 0.15) is 25.2 Å². The average molecular weight is 196 g/mol. The number of anilines is 1. The second-order valence-corrected chi connectivity index (χ2v) is 3.70. The van der Waals surface area contributed by atoms with Gasteiger partial charge in [-0.05, 0) is 31.1 Å². The molecule has 1 saturated heterocycles. The lowest BCUT2D eigenvalue weighted by Gasteiger charge is -2.25. The van der Waals surface area contributed by atoms with E-state index in [0.29, 0.717) is 5.89 Å². The van der Waals surface area contributed by atoms with Crippen LogP contribution in [0.4, 0.5) is 5.95 Å². The van der Waals surface area contributed by atoms with Gasteiger partial charge in [0.1, 0.15) is 0 Å². The summed E-state index contributed by atoms with van der Waals surface area (Å²) in [7, 11) is 0. The van der Waals surface area contributed by atoms with Gasteiger partial charge >= 0.3 is 0 Å². The Hall–Kier alpha value is -1.10. The van der Waals surface area contributed by atoms with Crippen molar-refractivity contribution >= 4 is 5.95 Å². The van der Waals surface area contributed by atoms with Crippen LogP contribution >= 0.6 is 0 Å². The number of nitrogens with two attached hydrogens (primary N) is 1. The van der Waals surface area contributed by atoms with Gasteiger partial charge in [0.2, 0.25) is 5.89 Å². The lowest BCUT2D eigenvalue weighted by Crippen LogP contribution is -2.31. The molecular formula is C9H16N4O. The first-order valence-corrected chi connectivity index (χ1v) is 5.15. The van der Waals surface area contributed by atoms with Gasteiger partial charge < -0.3 is 15.2 Å². The molecule has 0 bridgehead atoms. The van der Waals surface area contributed by atoms with Gasteiger partial charge in [-0.15, -0.1) is 0 Å². The fourth-order valence-electron chi connectivity index (χ4n) is 1.81. The van der Waals surface area contributed by atoms with E-state index in [4.69, 9.17) is 10.3 Å². The molecule has 0 radical (unpaired) electrons. The van der Waals surface area contributed by atoms with Crippen LogP contribution in [0.25, 0.3) is 0 Å². The zero-order valence-electron chi connectivity index (χ0n) is 8.28. The van der Waals surface area contributed by atoms with Gasteiger partial charge in [-0.2, -0.15) is 4.98 Å². The Balaban J connectivity index is 1.76. The van der Waals surface area contributed by atoms with Crippen molar-refractivity contribution in [3.8, 4) is 0 Å². The van der Waals surface area contributed by atoms with Crippen LogP contribution in [-0.4, -0.2) is 34.7 Å². The summed E-state index contributed by atoms with van der Waals surface area (Å²) in [5.41, 5.74) is 5.36. The number of hydrogen-bond acceptors (Lipinski definition) is 5. The third kappa shape index (κ3) is 2.45. The van der Waals surface area contributed by atoms with Crippen LogP contribution < -0.4 is 5.73 Å². The van der Waals surface area contributed by atoms with Gasteiger partial charge in [-0.3, -0.25) is 0 Å². The number of rotatable bonds is 3. The number of aromatic nitrogens is 2. The second-order valence-electron chi connectivity index (χ2n) is 3.70. The summed E-state index contributed by atoms with van der Waals surface area (Å²) < 4.78 is 4.94. The third-order valence-corrected chi connectivity index (χ3v) is 2.57. The maximum absolute atomic E-state index is 5.36. The van der Waals surface area contributed by atoms with Gasteiger partial charge in [-0.25, -0.2) is 0 Å². The first-order valence-electron chi connectivity index (χ1n) is 5.15. The standard InChI is InChI=1S/C9H16N4O/c10-9-11-8(14-12-9)4-7-13-5-2-1-3-6-13/h1-7H2,(H2,10,12). The largest absolute Gasteiger partial charge is 0.365 e. The van der Waals surface area contributed by atoms with E-state index in [1.54, 1.807) is 0 Å². The van der Waals surface area contributed by atoms with Crippen molar-refractivity contribution < 1.29 is 4.52 Å². The highest BCUT2D eigenvalue weighted by Crippen LogP contribution is 2.09. The number of likely N-dealkylation sites (tertiary alicyclic amines) is 1. The lowest BCUT2D eigenvalue weighted by atomic mass is 10.1. The molecule has 2 N–H and O–H groups in total. The third-order valence-electron chi connectivity index (χ3n) is 2.57. The summed E-state index contributed by atoms with van der Waals surface area (Å²) in [6, 6.07) is 0. The smallest absolute Gasteiger partial charge is 0.260 e. The van der Waals surface area contributed by atoms with Crippen LogP contribution in [0, 0.1) is 0 Å². The highest BCUT2D eigenvalue weighted by molar-refractivity contribution is 5.10. The highest BCUT2D eigenvalue weighted by Gasteiger charge is 2.11. The summed E-state index contributed by atoms with van der Waals surface area (Å²) in [5.74, 6) is 0.881. The Morgan fingerprint density at radius 1 is 1.29 bits per heavy atom. The maximum atomic E-state index is 5.36. The summed E-state index contributed by atoms with van der Waals surface area (Å²) in [6.07, 6.45) is 4.80. The monoisotopic (exact) mass is 196 g/mol. The molecule has 0 spiro atoms. The molecule has 1 aromatic rings. The Labute approximate surface area is 83.3 Å². The van der Waals surface area contributed by atoms with Crippen molar-refractivity contribution in [3.63, 3.8) is 0 Å². The molecule has 1 aromatic heterocycles. The molecule has 14 heavy (non-hydrogen) atoms. The van der Waals surface area contributed by atoms with Crippen LogP contribution in [-0.2, 0) is 6.42 Å². The molecule has 0 aliphatic carbocycles. The lowest BCUT2D eigenvalue weighted by molar-refractivity contribution is 0.223. The predicted octanol–water partition coefficient (Wildman–Crippen LogP) is 0.680. The van der Waals surface area contributed by atoms with E-state index < -0.39 is 0 Å². The Kier molecular flexibility index (Phi) is 2.98. The number of hydrogen-bond donors (Lipinski definition) is 1. The molecule has 0 amide bonds. The first-order chi connectivity index (χ1) is 6.84. The second kappa shape index (κ2) is 4.41. The van der Waals surface area contributed by atoms with Crippen molar-refractivity contribution in [2.75, 3.05) is 25.4 Å². The zero-order chi connectivity index (χ0) is 9.80. The van der Waals surface area contributed by atoms with Gasteiger partial charge in [0.15, 0.2) is 0 Å². The Morgan fingerprint density at radius 2 is 2.07 bits per heavy atom. The molecule has 1 aliphatic rings. The van der Waals surface area contributed by atoms with Crippen molar-refractivity contribution in [3.05, 3.63) is 5.89 Å². The summed E-state index contributed by atoms with van der Waals surface area (Å²) in [6.45, 7) is 3.40. The summed E-state index contributed by atoms with van der Waals surface area (Å²) in [4.78, 5) is 6.40. The molecule has 1 fully saturated rings. The van der Waals surface area contributed by atoms with E-state index in [1.165, 1.54) is 32.4 Å². The molecule has 0 aromatic carbocycles. The minimum absolute atomic E-state index is 0.235. The minimum atomic E-state index is 0.235. The number of nitrogens with zero attached hydrogens (tertiary/aromatic N) is 3. The SMILES string of the molecule is Nc1noc(CCN2CCCCC2)n1. The number of nitrogen functional groups attached to an aromatic ring is 1. The molecule has 0 unspecified atom stereocenters. The zero-order valence-corrected chi connectivity index (χ0v) is 8.28. The van der Waals surface area contributed by atoms with E-state index in [2.05, 4.69) is 15.0 Å². The van der Waals surface area contributed by atoms with Crippen molar-refractivity contribution in [1.82, 2.24) is 15.0 Å². The Bertz CT molecular complexity index is 280.